The molecule has 3 heterocycles. The molecule has 0 bridgehead atoms. The van der Waals surface area contributed by atoms with Gasteiger partial charge in [-0.15, -0.1) is 0 Å². The fraction of sp³-hybridized carbons (Fsp3) is 0.208. The molecule has 0 atom stereocenters. The van der Waals surface area contributed by atoms with Crippen molar-refractivity contribution in [2.75, 3.05) is 37.9 Å². The number of methoxy groups -OCH3 is 1. The molecule has 0 radical (unpaired) electrons. The molecule has 164 valence electrons. The van der Waals surface area contributed by atoms with Crippen molar-refractivity contribution in [3.8, 4) is 11.5 Å². The first kappa shape index (κ1) is 21.3. The first-order chi connectivity index (χ1) is 15.6. The second kappa shape index (κ2) is 9.49. The van der Waals surface area contributed by atoms with Crippen molar-refractivity contribution in [3.05, 3.63) is 67.1 Å². The van der Waals surface area contributed by atoms with Crippen LogP contribution in [-0.2, 0) is 0 Å². The Morgan fingerprint density at radius 1 is 1.03 bits per heavy atom. The predicted octanol–water partition coefficient (Wildman–Crippen LogP) is 4.35. The summed E-state index contributed by atoms with van der Waals surface area (Å²) in [5.41, 5.74) is 3.25. The van der Waals surface area contributed by atoms with Crippen molar-refractivity contribution in [1.29, 1.82) is 0 Å². The molecule has 0 spiro atoms. The Bertz CT molecular complexity index is 1130. The molecular formula is C24H26N6O2. The number of hydrogen-bond donors (Lipinski definition) is 2. The van der Waals surface area contributed by atoms with Crippen LogP contribution in [0.2, 0.25) is 0 Å². The maximum absolute atomic E-state index is 6.01. The Morgan fingerprint density at radius 3 is 2.59 bits per heavy atom. The molecular weight excluding hydrogens is 404 g/mol. The molecule has 2 aromatic heterocycles. The summed E-state index contributed by atoms with van der Waals surface area (Å²) in [5, 5.41) is 6.45. The van der Waals surface area contributed by atoms with Crippen molar-refractivity contribution >= 4 is 35.3 Å². The minimum Gasteiger partial charge on any atom is -0.493 e. The molecule has 3 aromatic rings. The molecule has 1 saturated heterocycles. The fourth-order valence-electron chi connectivity index (χ4n) is 3.40. The van der Waals surface area contributed by atoms with Crippen LogP contribution in [0.3, 0.4) is 0 Å². The van der Waals surface area contributed by atoms with Crippen LogP contribution in [0.5, 0.6) is 11.5 Å². The van der Waals surface area contributed by atoms with E-state index in [1.54, 1.807) is 37.7 Å². The van der Waals surface area contributed by atoms with Crippen LogP contribution in [0, 0.1) is 0 Å². The molecule has 8 heteroatoms. The minimum absolute atomic E-state index is 0.190. The van der Waals surface area contributed by atoms with E-state index >= 15 is 0 Å². The number of rotatable bonds is 9. The molecule has 0 unspecified atom stereocenters. The maximum atomic E-state index is 6.01. The van der Waals surface area contributed by atoms with Crippen molar-refractivity contribution in [1.82, 2.24) is 19.9 Å². The van der Waals surface area contributed by atoms with E-state index in [9.17, 15) is 0 Å². The van der Waals surface area contributed by atoms with Gasteiger partial charge in [0.1, 0.15) is 11.9 Å². The van der Waals surface area contributed by atoms with E-state index in [4.69, 9.17) is 9.47 Å². The highest BCUT2D eigenvalue weighted by atomic mass is 16.5. The molecule has 4 rings (SSSR count). The maximum Gasteiger partial charge on any atom is 0.229 e. The number of pyridine rings is 1. The van der Waals surface area contributed by atoms with E-state index < -0.39 is 0 Å². The van der Waals surface area contributed by atoms with Gasteiger partial charge in [-0.25, -0.2) is 4.98 Å². The zero-order valence-corrected chi connectivity index (χ0v) is 18.2. The van der Waals surface area contributed by atoms with Crippen LogP contribution in [-0.4, -0.2) is 53.2 Å². The standard InChI is InChI=1S/C24H26N6O2/c1-5-16-11-18(13-26-20(16)6-2)27-23-9-10-25-24(29-23)28-17-7-8-21(22(12-17)31-4)32-19-14-30(3)15-19/h5-13,19H,1-2,14-15H2,3-4H3,(H2,25,27,28,29). The largest absolute Gasteiger partial charge is 0.493 e. The summed E-state index contributed by atoms with van der Waals surface area (Å²) in [5.74, 6) is 2.46. The summed E-state index contributed by atoms with van der Waals surface area (Å²) in [6.07, 6.45) is 7.03. The average Bonchev–Trinajstić information content (AvgIpc) is 2.79. The third-order valence-electron chi connectivity index (χ3n) is 5.03. The number of likely N-dealkylation sites (tertiary alicyclic amines) is 1. The Morgan fingerprint density at radius 2 is 1.88 bits per heavy atom. The number of hydrogen-bond acceptors (Lipinski definition) is 8. The van der Waals surface area contributed by atoms with Crippen LogP contribution in [0.1, 0.15) is 11.3 Å². The highest BCUT2D eigenvalue weighted by Crippen LogP contribution is 2.33. The van der Waals surface area contributed by atoms with Gasteiger partial charge < -0.3 is 20.1 Å². The van der Waals surface area contributed by atoms with E-state index in [0.29, 0.717) is 17.5 Å². The Hall–Kier alpha value is -3.91. The van der Waals surface area contributed by atoms with E-state index in [1.807, 2.05) is 24.3 Å². The first-order valence-electron chi connectivity index (χ1n) is 10.2. The number of anilines is 4. The van der Waals surface area contributed by atoms with Gasteiger partial charge in [-0.1, -0.05) is 19.2 Å². The lowest BCUT2D eigenvalue weighted by Gasteiger charge is -2.36. The molecule has 8 nitrogen and oxygen atoms in total. The van der Waals surface area contributed by atoms with Crippen molar-refractivity contribution < 1.29 is 9.47 Å². The third kappa shape index (κ3) is 4.87. The summed E-state index contributed by atoms with van der Waals surface area (Å²) in [7, 11) is 3.70. The summed E-state index contributed by atoms with van der Waals surface area (Å²) < 4.78 is 11.5. The van der Waals surface area contributed by atoms with Gasteiger partial charge in [0.15, 0.2) is 11.5 Å². The van der Waals surface area contributed by atoms with Crippen LogP contribution >= 0.6 is 0 Å². The quantitative estimate of drug-likeness (QED) is 0.518. The number of nitrogens with one attached hydrogen (secondary N) is 2. The van der Waals surface area contributed by atoms with Crippen LogP contribution in [0.25, 0.3) is 12.2 Å². The molecule has 1 aliphatic rings. The first-order valence-corrected chi connectivity index (χ1v) is 10.2. The highest BCUT2D eigenvalue weighted by molar-refractivity contribution is 5.67. The number of ether oxygens (including phenoxy) is 2. The van der Waals surface area contributed by atoms with E-state index in [0.717, 1.165) is 41.5 Å². The van der Waals surface area contributed by atoms with Gasteiger partial charge in [-0.3, -0.25) is 9.88 Å². The predicted molar refractivity (Wildman–Crippen MR) is 128 cm³/mol. The molecule has 2 N–H and O–H groups in total. The van der Waals surface area contributed by atoms with Crippen LogP contribution in [0.15, 0.2) is 55.9 Å². The summed E-state index contributed by atoms with van der Waals surface area (Å²) in [6, 6.07) is 9.40. The fourth-order valence-corrected chi connectivity index (χ4v) is 3.40. The lowest BCUT2D eigenvalue weighted by Crippen LogP contribution is -2.51. The second-order valence-electron chi connectivity index (χ2n) is 7.45. The average molecular weight is 431 g/mol. The lowest BCUT2D eigenvalue weighted by molar-refractivity contribution is 0.0370. The van der Waals surface area contributed by atoms with E-state index in [1.165, 1.54) is 0 Å². The molecule has 0 amide bonds. The topological polar surface area (TPSA) is 84.4 Å². The Kier molecular flexibility index (Phi) is 6.32. The number of likely N-dealkylation sites (N-methyl/N-ethyl adjacent to an activating group) is 1. The minimum atomic E-state index is 0.190. The van der Waals surface area contributed by atoms with Crippen LogP contribution in [0.4, 0.5) is 23.1 Å². The normalized spacial score (nSPS) is 13.7. The number of aromatic nitrogens is 3. The van der Waals surface area contributed by atoms with E-state index in [-0.39, 0.29) is 6.10 Å². The molecule has 0 saturated carbocycles. The molecule has 1 aliphatic heterocycles. The molecule has 0 aliphatic carbocycles. The second-order valence-corrected chi connectivity index (χ2v) is 7.45. The van der Waals surface area contributed by atoms with Gasteiger partial charge in [0, 0.05) is 36.6 Å². The molecule has 32 heavy (non-hydrogen) atoms. The van der Waals surface area contributed by atoms with Gasteiger partial charge in [-0.05, 0) is 37.4 Å². The van der Waals surface area contributed by atoms with Crippen molar-refractivity contribution in [2.45, 2.75) is 6.10 Å². The summed E-state index contributed by atoms with van der Waals surface area (Å²) in [4.78, 5) is 15.4. The van der Waals surface area contributed by atoms with Crippen LogP contribution < -0.4 is 20.1 Å². The van der Waals surface area contributed by atoms with Gasteiger partial charge in [-0.2, -0.15) is 4.98 Å². The van der Waals surface area contributed by atoms with Crippen molar-refractivity contribution in [3.63, 3.8) is 0 Å². The third-order valence-corrected chi connectivity index (χ3v) is 5.03. The Labute approximate surface area is 187 Å². The van der Waals surface area contributed by atoms with Gasteiger partial charge in [0.2, 0.25) is 5.95 Å². The van der Waals surface area contributed by atoms with E-state index in [2.05, 4.69) is 50.7 Å². The summed E-state index contributed by atoms with van der Waals surface area (Å²) >= 11 is 0. The zero-order chi connectivity index (χ0) is 22.5. The molecule has 1 aromatic carbocycles. The SMILES string of the molecule is C=Cc1cc(Nc2ccnc(Nc3ccc(OC4CN(C)C4)c(OC)c3)n2)cnc1C=C. The zero-order valence-electron chi connectivity index (χ0n) is 18.2. The van der Waals surface area contributed by atoms with Gasteiger partial charge in [0.05, 0.1) is 24.7 Å². The number of nitrogens with zero attached hydrogens (tertiary/aromatic N) is 4. The van der Waals surface area contributed by atoms with Gasteiger partial charge in [0.25, 0.3) is 0 Å². The lowest BCUT2D eigenvalue weighted by atomic mass is 10.2. The smallest absolute Gasteiger partial charge is 0.229 e. The Balaban J connectivity index is 1.46. The monoisotopic (exact) mass is 430 g/mol. The van der Waals surface area contributed by atoms with Crippen molar-refractivity contribution in [2.24, 2.45) is 0 Å². The molecule has 1 fully saturated rings. The highest BCUT2D eigenvalue weighted by Gasteiger charge is 2.25. The number of benzene rings is 1. The van der Waals surface area contributed by atoms with Gasteiger partial charge >= 0.3 is 0 Å². The summed E-state index contributed by atoms with van der Waals surface area (Å²) in [6.45, 7) is 9.42.